The van der Waals surface area contributed by atoms with Crippen molar-refractivity contribution < 1.29 is 14.9 Å². The first-order valence-electron chi connectivity index (χ1n) is 9.08. The second kappa shape index (κ2) is 4.55. The molecule has 128 valence electrons. The van der Waals surface area contributed by atoms with E-state index >= 15 is 0 Å². The SMILES string of the molecule is C=CCN1CC[C@]23c4c5ccc(O)c4O[C@H]2[C@@H](O)CC[C@@]3(C)[C@H]1C5. The van der Waals surface area contributed by atoms with E-state index in [4.69, 9.17) is 4.74 Å². The summed E-state index contributed by atoms with van der Waals surface area (Å²) in [5.74, 6) is 0.861. The molecule has 2 aliphatic heterocycles. The summed E-state index contributed by atoms with van der Waals surface area (Å²) in [6.45, 7) is 8.23. The van der Waals surface area contributed by atoms with Gasteiger partial charge in [0, 0.05) is 23.6 Å². The van der Waals surface area contributed by atoms with E-state index in [9.17, 15) is 10.2 Å². The number of phenols is 1. The zero-order chi connectivity index (χ0) is 16.7. The van der Waals surface area contributed by atoms with Crippen LogP contribution in [0.4, 0.5) is 0 Å². The Morgan fingerprint density at radius 3 is 3.04 bits per heavy atom. The van der Waals surface area contributed by atoms with E-state index in [1.54, 1.807) is 6.07 Å². The van der Waals surface area contributed by atoms with Gasteiger partial charge < -0.3 is 14.9 Å². The van der Waals surface area contributed by atoms with Crippen LogP contribution in [0.1, 0.15) is 37.3 Å². The smallest absolute Gasteiger partial charge is 0.165 e. The maximum atomic E-state index is 10.7. The molecule has 5 atom stereocenters. The number of benzene rings is 1. The van der Waals surface area contributed by atoms with Crippen LogP contribution in [-0.4, -0.2) is 46.5 Å². The topological polar surface area (TPSA) is 52.9 Å². The first kappa shape index (κ1) is 14.8. The van der Waals surface area contributed by atoms with Crippen LogP contribution in [0.25, 0.3) is 0 Å². The molecule has 0 aromatic heterocycles. The summed E-state index contributed by atoms with van der Waals surface area (Å²) in [5.41, 5.74) is 2.37. The third-order valence-electron chi connectivity index (χ3n) is 7.47. The molecule has 1 spiro atoms. The third-order valence-corrected chi connectivity index (χ3v) is 7.47. The van der Waals surface area contributed by atoms with Crippen LogP contribution in [0.2, 0.25) is 0 Å². The highest BCUT2D eigenvalue weighted by atomic mass is 16.5. The lowest BCUT2D eigenvalue weighted by atomic mass is 9.44. The lowest BCUT2D eigenvalue weighted by molar-refractivity contribution is -0.150. The molecular weight excluding hydrogens is 302 g/mol. The van der Waals surface area contributed by atoms with Gasteiger partial charge in [0.1, 0.15) is 6.10 Å². The van der Waals surface area contributed by atoms with Gasteiger partial charge in [-0.1, -0.05) is 19.1 Å². The largest absolute Gasteiger partial charge is 0.504 e. The molecule has 4 aliphatic rings. The van der Waals surface area contributed by atoms with Gasteiger partial charge in [-0.3, -0.25) is 4.90 Å². The lowest BCUT2D eigenvalue weighted by Crippen LogP contribution is -2.72. The number of aliphatic hydroxyl groups is 1. The maximum absolute atomic E-state index is 10.7. The van der Waals surface area contributed by atoms with Crippen molar-refractivity contribution in [2.24, 2.45) is 5.41 Å². The molecule has 0 amide bonds. The first-order valence-corrected chi connectivity index (χ1v) is 9.08. The molecule has 0 unspecified atom stereocenters. The van der Waals surface area contributed by atoms with Crippen LogP contribution in [0, 0.1) is 5.41 Å². The Morgan fingerprint density at radius 2 is 2.25 bits per heavy atom. The van der Waals surface area contributed by atoms with Crippen LogP contribution >= 0.6 is 0 Å². The highest BCUT2D eigenvalue weighted by Gasteiger charge is 2.70. The molecule has 2 fully saturated rings. The summed E-state index contributed by atoms with van der Waals surface area (Å²) < 4.78 is 6.24. The second-order valence-electron chi connectivity index (χ2n) is 8.23. The van der Waals surface area contributed by atoms with Gasteiger partial charge >= 0.3 is 0 Å². The van der Waals surface area contributed by atoms with E-state index in [-0.39, 0.29) is 22.7 Å². The second-order valence-corrected chi connectivity index (χ2v) is 8.23. The predicted molar refractivity (Wildman–Crippen MR) is 91.4 cm³/mol. The normalized spacial score (nSPS) is 42.3. The molecule has 2 aliphatic carbocycles. The van der Waals surface area contributed by atoms with Crippen LogP contribution in [0.3, 0.4) is 0 Å². The number of ether oxygens (including phenoxy) is 1. The molecule has 24 heavy (non-hydrogen) atoms. The van der Waals surface area contributed by atoms with Crippen LogP contribution in [-0.2, 0) is 11.8 Å². The fraction of sp³-hybridized carbons (Fsp3) is 0.600. The van der Waals surface area contributed by atoms with Crippen molar-refractivity contribution in [1.29, 1.82) is 0 Å². The van der Waals surface area contributed by atoms with Gasteiger partial charge in [0.05, 0.1) is 6.10 Å². The molecule has 2 heterocycles. The zero-order valence-electron chi connectivity index (χ0n) is 14.2. The van der Waals surface area contributed by atoms with Gasteiger partial charge in [0.15, 0.2) is 11.5 Å². The predicted octanol–water partition coefficient (Wildman–Crippen LogP) is 2.37. The molecule has 4 heteroatoms. The van der Waals surface area contributed by atoms with Crippen molar-refractivity contribution in [2.75, 3.05) is 13.1 Å². The highest BCUT2D eigenvalue weighted by Crippen LogP contribution is 2.68. The third kappa shape index (κ3) is 1.44. The summed E-state index contributed by atoms with van der Waals surface area (Å²) in [6, 6.07) is 4.25. The number of aromatic hydroxyl groups is 1. The fourth-order valence-corrected chi connectivity index (χ4v) is 6.44. The van der Waals surface area contributed by atoms with E-state index in [0.29, 0.717) is 11.8 Å². The average Bonchev–Trinajstić information content (AvgIpc) is 2.91. The standard InChI is InChI=1S/C20H25NO3/c1-3-9-21-10-8-20-16-12-4-5-13(22)17(16)24-18(20)14(23)6-7-19(20,2)15(21)11-12/h3-5,14-15,18,22-23H,1,6-11H2,2H3/t14-,15+,18-,19-,20-/m0/s1. The van der Waals surface area contributed by atoms with Gasteiger partial charge in [0.2, 0.25) is 0 Å². The Labute approximate surface area is 142 Å². The number of aliphatic hydroxyl groups excluding tert-OH is 1. The number of hydrogen-bond acceptors (Lipinski definition) is 4. The minimum absolute atomic E-state index is 0.0597. The summed E-state index contributed by atoms with van der Waals surface area (Å²) >= 11 is 0. The van der Waals surface area contributed by atoms with Gasteiger partial charge in [-0.05, 0) is 49.3 Å². The van der Waals surface area contributed by atoms with E-state index < -0.39 is 6.10 Å². The van der Waals surface area contributed by atoms with Crippen molar-refractivity contribution >= 4 is 0 Å². The van der Waals surface area contributed by atoms with E-state index in [1.165, 1.54) is 11.1 Å². The van der Waals surface area contributed by atoms with E-state index in [1.807, 2.05) is 6.08 Å². The number of rotatable bonds is 2. The molecule has 2 bridgehead atoms. The Bertz CT molecular complexity index is 732. The van der Waals surface area contributed by atoms with Crippen LogP contribution in [0.5, 0.6) is 11.5 Å². The Morgan fingerprint density at radius 1 is 1.42 bits per heavy atom. The van der Waals surface area contributed by atoms with Crippen molar-refractivity contribution in [2.45, 2.75) is 56.3 Å². The Hall–Kier alpha value is -1.52. The number of nitrogens with zero attached hydrogens (tertiary/aromatic N) is 1. The van der Waals surface area contributed by atoms with Crippen molar-refractivity contribution in [3.63, 3.8) is 0 Å². The Kier molecular flexibility index (Phi) is 2.81. The molecule has 5 rings (SSSR count). The molecule has 1 aromatic carbocycles. The zero-order valence-corrected chi connectivity index (χ0v) is 14.2. The van der Waals surface area contributed by atoms with Gasteiger partial charge in [0.25, 0.3) is 0 Å². The maximum Gasteiger partial charge on any atom is 0.165 e. The van der Waals surface area contributed by atoms with Crippen molar-refractivity contribution in [3.05, 3.63) is 35.9 Å². The molecule has 4 nitrogen and oxygen atoms in total. The average molecular weight is 327 g/mol. The monoisotopic (exact) mass is 327 g/mol. The number of piperidine rings is 1. The first-order chi connectivity index (χ1) is 11.5. The highest BCUT2D eigenvalue weighted by molar-refractivity contribution is 5.61. The molecule has 2 N–H and O–H groups in total. The van der Waals surface area contributed by atoms with Gasteiger partial charge in [-0.2, -0.15) is 0 Å². The molecule has 1 saturated carbocycles. The van der Waals surface area contributed by atoms with Crippen molar-refractivity contribution in [3.8, 4) is 11.5 Å². The summed E-state index contributed by atoms with van der Waals surface area (Å²) in [5, 5.41) is 21.1. The molecule has 0 radical (unpaired) electrons. The lowest BCUT2D eigenvalue weighted by Gasteiger charge is -2.65. The van der Waals surface area contributed by atoms with E-state index in [2.05, 4.69) is 24.5 Å². The summed E-state index contributed by atoms with van der Waals surface area (Å²) in [7, 11) is 0. The minimum Gasteiger partial charge on any atom is -0.504 e. The summed E-state index contributed by atoms with van der Waals surface area (Å²) in [6.07, 6.45) is 5.04. The number of likely N-dealkylation sites (tertiary alicyclic amines) is 1. The molecular formula is C20H25NO3. The van der Waals surface area contributed by atoms with Gasteiger partial charge in [-0.25, -0.2) is 0 Å². The van der Waals surface area contributed by atoms with Gasteiger partial charge in [-0.15, -0.1) is 6.58 Å². The summed E-state index contributed by atoms with van der Waals surface area (Å²) in [4.78, 5) is 2.56. The van der Waals surface area contributed by atoms with Crippen LogP contribution in [0.15, 0.2) is 24.8 Å². The number of hydrogen-bond donors (Lipinski definition) is 2. The Balaban J connectivity index is 1.78. The van der Waals surface area contributed by atoms with E-state index in [0.717, 1.165) is 38.8 Å². The fourth-order valence-electron chi connectivity index (χ4n) is 6.44. The van der Waals surface area contributed by atoms with Crippen LogP contribution < -0.4 is 4.74 Å². The van der Waals surface area contributed by atoms with Crippen molar-refractivity contribution in [1.82, 2.24) is 4.90 Å². The quantitative estimate of drug-likeness (QED) is 0.819. The molecule has 1 saturated heterocycles. The minimum atomic E-state index is -0.456. The number of phenolic OH excluding ortho intramolecular Hbond substituents is 1. The molecule has 1 aromatic rings.